The molecular weight excluding hydrogens is 343 g/mol. The minimum absolute atomic E-state index is 0. The number of carbonyl (C=O) groups is 1. The van der Waals surface area contributed by atoms with Crippen LogP contribution in [-0.4, -0.2) is 36.0 Å². The smallest absolute Gasteiger partial charge is 0.289 e. The number of piperidine rings is 1. The van der Waals surface area contributed by atoms with Gasteiger partial charge in [0.25, 0.3) is 5.91 Å². The van der Waals surface area contributed by atoms with Crippen LogP contribution in [0.4, 0.5) is 4.39 Å². The molecule has 2 atom stereocenters. The van der Waals surface area contributed by atoms with E-state index in [4.69, 9.17) is 4.42 Å². The van der Waals surface area contributed by atoms with Gasteiger partial charge in [0.2, 0.25) is 0 Å². The van der Waals surface area contributed by atoms with Crippen LogP contribution in [0.25, 0.3) is 11.3 Å². The number of fused-ring (bicyclic) bond motifs is 2. The molecule has 1 N–H and O–H groups in total. The predicted molar refractivity (Wildman–Crippen MR) is 96.4 cm³/mol. The average molecular weight is 365 g/mol. The second-order valence-electron chi connectivity index (χ2n) is 6.82. The Balaban J connectivity index is 0.00000182. The molecule has 25 heavy (non-hydrogen) atoms. The molecule has 2 aliphatic heterocycles. The fourth-order valence-corrected chi connectivity index (χ4v) is 3.94. The fraction of sp³-hybridized carbons (Fsp3) is 0.421. The SMILES string of the molecule is CN(C(=O)c1ccc(-c2ccccc2F)o1)C1CC2CCC(C1)N2.Cl. The van der Waals surface area contributed by atoms with E-state index in [0.717, 1.165) is 12.8 Å². The highest BCUT2D eigenvalue weighted by atomic mass is 35.5. The van der Waals surface area contributed by atoms with Gasteiger partial charge >= 0.3 is 0 Å². The number of carbonyl (C=O) groups excluding carboxylic acids is 1. The minimum Gasteiger partial charge on any atom is -0.451 e. The van der Waals surface area contributed by atoms with Crippen LogP contribution in [0.5, 0.6) is 0 Å². The van der Waals surface area contributed by atoms with E-state index in [-0.39, 0.29) is 35.9 Å². The van der Waals surface area contributed by atoms with Crippen molar-refractivity contribution in [3.05, 3.63) is 48.0 Å². The molecule has 1 aromatic heterocycles. The molecule has 0 radical (unpaired) electrons. The maximum atomic E-state index is 13.9. The molecule has 3 heterocycles. The first-order valence-electron chi connectivity index (χ1n) is 8.50. The van der Waals surface area contributed by atoms with Crippen LogP contribution in [0, 0.1) is 5.82 Å². The Hall–Kier alpha value is -1.85. The lowest BCUT2D eigenvalue weighted by Gasteiger charge is -2.35. The second-order valence-corrected chi connectivity index (χ2v) is 6.82. The fourth-order valence-electron chi connectivity index (χ4n) is 3.94. The number of amides is 1. The summed E-state index contributed by atoms with van der Waals surface area (Å²) >= 11 is 0. The zero-order chi connectivity index (χ0) is 16.7. The van der Waals surface area contributed by atoms with E-state index in [1.54, 1.807) is 35.2 Å². The van der Waals surface area contributed by atoms with Crippen molar-refractivity contribution >= 4 is 18.3 Å². The number of nitrogens with one attached hydrogen (secondary N) is 1. The molecule has 2 fully saturated rings. The first-order chi connectivity index (χ1) is 11.6. The van der Waals surface area contributed by atoms with E-state index in [9.17, 15) is 9.18 Å². The van der Waals surface area contributed by atoms with Crippen molar-refractivity contribution in [2.75, 3.05) is 7.05 Å². The van der Waals surface area contributed by atoms with E-state index in [0.29, 0.717) is 23.4 Å². The third kappa shape index (κ3) is 3.44. The molecular formula is C19H22ClFN2O2. The molecule has 2 bridgehead atoms. The number of furan rings is 1. The molecule has 1 amide bonds. The summed E-state index contributed by atoms with van der Waals surface area (Å²) in [6.07, 6.45) is 4.36. The molecule has 2 unspecified atom stereocenters. The summed E-state index contributed by atoms with van der Waals surface area (Å²) in [5.41, 5.74) is 0.374. The topological polar surface area (TPSA) is 45.5 Å². The summed E-state index contributed by atoms with van der Waals surface area (Å²) in [4.78, 5) is 14.5. The lowest BCUT2D eigenvalue weighted by atomic mass is 9.98. The zero-order valence-corrected chi connectivity index (χ0v) is 14.9. The highest BCUT2D eigenvalue weighted by molar-refractivity contribution is 5.92. The Labute approximate surface area is 152 Å². The van der Waals surface area contributed by atoms with Crippen LogP contribution >= 0.6 is 12.4 Å². The molecule has 1 aromatic carbocycles. The van der Waals surface area contributed by atoms with Gasteiger partial charge in [-0.1, -0.05) is 12.1 Å². The number of hydrogen-bond donors (Lipinski definition) is 1. The van der Waals surface area contributed by atoms with Crippen LogP contribution < -0.4 is 5.32 Å². The number of benzene rings is 1. The molecule has 6 heteroatoms. The Morgan fingerprint density at radius 1 is 1.16 bits per heavy atom. The lowest BCUT2D eigenvalue weighted by molar-refractivity contribution is 0.0650. The van der Waals surface area contributed by atoms with Crippen LogP contribution in [-0.2, 0) is 0 Å². The van der Waals surface area contributed by atoms with Crippen molar-refractivity contribution in [3.8, 4) is 11.3 Å². The predicted octanol–water partition coefficient (Wildman–Crippen LogP) is 3.86. The first-order valence-corrected chi connectivity index (χ1v) is 8.50. The monoisotopic (exact) mass is 364 g/mol. The van der Waals surface area contributed by atoms with Gasteiger partial charge in [-0.2, -0.15) is 0 Å². The molecule has 4 rings (SSSR count). The van der Waals surface area contributed by atoms with Gasteiger partial charge < -0.3 is 14.6 Å². The van der Waals surface area contributed by atoms with Crippen LogP contribution in [0.1, 0.15) is 36.2 Å². The number of rotatable bonds is 3. The minimum atomic E-state index is -0.353. The summed E-state index contributed by atoms with van der Waals surface area (Å²) < 4.78 is 19.5. The van der Waals surface area contributed by atoms with E-state index in [1.165, 1.54) is 18.9 Å². The second kappa shape index (κ2) is 7.18. The molecule has 2 saturated heterocycles. The van der Waals surface area contributed by atoms with Gasteiger partial charge in [0, 0.05) is 25.2 Å². The number of nitrogens with zero attached hydrogens (tertiary/aromatic N) is 1. The molecule has 0 spiro atoms. The molecule has 0 saturated carbocycles. The van der Waals surface area contributed by atoms with E-state index in [2.05, 4.69) is 5.32 Å². The Morgan fingerprint density at radius 3 is 2.52 bits per heavy atom. The van der Waals surface area contributed by atoms with Gasteiger partial charge in [-0.15, -0.1) is 12.4 Å². The van der Waals surface area contributed by atoms with Crippen molar-refractivity contribution in [2.45, 2.75) is 43.8 Å². The summed E-state index contributed by atoms with van der Waals surface area (Å²) in [6, 6.07) is 11.0. The quantitative estimate of drug-likeness (QED) is 0.899. The van der Waals surface area contributed by atoms with E-state index in [1.807, 2.05) is 7.05 Å². The van der Waals surface area contributed by atoms with Crippen molar-refractivity contribution in [1.29, 1.82) is 0 Å². The standard InChI is InChI=1S/C19H21FN2O2.ClH/c1-22(14-10-12-6-7-13(11-14)21-12)19(23)18-9-8-17(24-18)15-4-2-3-5-16(15)20;/h2-5,8-9,12-14,21H,6-7,10-11H2,1H3;1H. The van der Waals surface area contributed by atoms with Crippen molar-refractivity contribution < 1.29 is 13.6 Å². The largest absolute Gasteiger partial charge is 0.451 e. The van der Waals surface area contributed by atoms with Crippen molar-refractivity contribution in [2.24, 2.45) is 0 Å². The normalized spacial score (nSPS) is 24.6. The van der Waals surface area contributed by atoms with Gasteiger partial charge in [-0.3, -0.25) is 4.79 Å². The summed E-state index contributed by atoms with van der Waals surface area (Å²) in [5.74, 6) is 0.162. The summed E-state index contributed by atoms with van der Waals surface area (Å²) in [6.45, 7) is 0. The molecule has 2 aromatic rings. The van der Waals surface area contributed by atoms with Crippen LogP contribution in [0.15, 0.2) is 40.8 Å². The summed E-state index contributed by atoms with van der Waals surface area (Å²) in [7, 11) is 1.84. The van der Waals surface area contributed by atoms with Gasteiger partial charge in [0.1, 0.15) is 11.6 Å². The number of halogens is 2. The van der Waals surface area contributed by atoms with Gasteiger partial charge in [-0.05, 0) is 49.9 Å². The van der Waals surface area contributed by atoms with E-state index < -0.39 is 0 Å². The van der Waals surface area contributed by atoms with Gasteiger partial charge in [-0.25, -0.2) is 4.39 Å². The zero-order valence-electron chi connectivity index (χ0n) is 14.1. The lowest BCUT2D eigenvalue weighted by Crippen LogP contribution is -2.48. The molecule has 0 aliphatic carbocycles. The Bertz CT molecular complexity index is 751. The number of hydrogen-bond acceptors (Lipinski definition) is 3. The third-order valence-corrected chi connectivity index (χ3v) is 5.27. The van der Waals surface area contributed by atoms with Crippen molar-refractivity contribution in [1.82, 2.24) is 10.2 Å². The third-order valence-electron chi connectivity index (χ3n) is 5.27. The van der Waals surface area contributed by atoms with E-state index >= 15 is 0 Å². The molecule has 2 aliphatic rings. The van der Waals surface area contributed by atoms with Gasteiger partial charge in [0.15, 0.2) is 5.76 Å². The van der Waals surface area contributed by atoms with Crippen molar-refractivity contribution in [3.63, 3.8) is 0 Å². The highest BCUT2D eigenvalue weighted by Gasteiger charge is 2.37. The maximum Gasteiger partial charge on any atom is 0.289 e. The summed E-state index contributed by atoms with van der Waals surface area (Å²) in [5, 5.41) is 3.58. The Morgan fingerprint density at radius 2 is 1.84 bits per heavy atom. The molecule has 134 valence electrons. The maximum absolute atomic E-state index is 13.9. The Kier molecular flexibility index (Phi) is 5.16. The van der Waals surface area contributed by atoms with Crippen LogP contribution in [0.2, 0.25) is 0 Å². The van der Waals surface area contributed by atoms with Gasteiger partial charge in [0.05, 0.1) is 5.56 Å². The first kappa shape index (κ1) is 18.0. The molecule has 4 nitrogen and oxygen atoms in total. The highest BCUT2D eigenvalue weighted by Crippen LogP contribution is 2.31. The average Bonchev–Trinajstić information content (AvgIpc) is 3.20. The van der Waals surface area contributed by atoms with Crippen LogP contribution in [0.3, 0.4) is 0 Å².